The number of aromatic nitrogens is 1. The van der Waals surface area contributed by atoms with Gasteiger partial charge in [-0.2, -0.15) is 0 Å². The average Bonchev–Trinajstić information content (AvgIpc) is 3.45. The fourth-order valence-electron chi connectivity index (χ4n) is 6.68. The molecule has 322 valence electrons. The Labute approximate surface area is 341 Å². The Morgan fingerprint density at radius 3 is 2.18 bits per heavy atom. The summed E-state index contributed by atoms with van der Waals surface area (Å²) in [5.41, 5.74) is -0.813. The van der Waals surface area contributed by atoms with Crippen molar-refractivity contribution in [1.29, 1.82) is 0 Å². The predicted octanol–water partition coefficient (Wildman–Crippen LogP) is 4.52. The summed E-state index contributed by atoms with van der Waals surface area (Å²) in [5, 5.41) is 12.0. The van der Waals surface area contributed by atoms with Crippen molar-refractivity contribution in [2.75, 3.05) is 58.9 Å². The van der Waals surface area contributed by atoms with Crippen molar-refractivity contribution in [3.63, 3.8) is 0 Å². The average molecular weight is 824 g/mol. The number of hydrogen-bond donors (Lipinski definition) is 4. The van der Waals surface area contributed by atoms with E-state index in [2.05, 4.69) is 26.3 Å². The largest absolute Gasteiger partial charge is 0.449 e. The molecule has 0 unspecified atom stereocenters. The molecule has 1 aromatic rings. The predicted molar refractivity (Wildman–Crippen MR) is 215 cm³/mol. The van der Waals surface area contributed by atoms with Gasteiger partial charge in [-0.25, -0.2) is 14.6 Å². The third-order valence-electron chi connectivity index (χ3n) is 9.77. The first-order valence-corrected chi connectivity index (χ1v) is 20.9. The van der Waals surface area contributed by atoms with Crippen LogP contribution in [-0.2, 0) is 33.3 Å². The molecule has 1 saturated heterocycles. The quantitative estimate of drug-likeness (QED) is 0.120. The summed E-state index contributed by atoms with van der Waals surface area (Å²) in [7, 11) is 2.95. The molecule has 0 radical (unpaired) electrons. The van der Waals surface area contributed by atoms with Crippen LogP contribution in [0.4, 0.5) is 14.7 Å². The van der Waals surface area contributed by atoms with Gasteiger partial charge in [-0.3, -0.25) is 24.5 Å². The number of hydrogen-bond acceptors (Lipinski definition) is 12. The Morgan fingerprint density at radius 1 is 0.930 bits per heavy atom. The van der Waals surface area contributed by atoms with Crippen molar-refractivity contribution >= 4 is 52.3 Å². The molecule has 2 heterocycles. The van der Waals surface area contributed by atoms with Crippen LogP contribution in [0.5, 0.6) is 0 Å². The number of likely N-dealkylation sites (tertiary alicyclic amines) is 1. The number of amides is 6. The van der Waals surface area contributed by atoms with E-state index in [1.165, 1.54) is 45.3 Å². The number of carbonyl (C=O) groups is 6. The molecule has 4 N–H and O–H groups in total. The minimum absolute atomic E-state index is 0.0568. The lowest BCUT2D eigenvalue weighted by atomic mass is 9.96. The Kier molecular flexibility index (Phi) is 19.4. The highest BCUT2D eigenvalue weighted by Crippen LogP contribution is 2.25. The van der Waals surface area contributed by atoms with Crippen molar-refractivity contribution in [2.24, 2.45) is 17.8 Å². The smallest absolute Gasteiger partial charge is 0.413 e. The summed E-state index contributed by atoms with van der Waals surface area (Å²) in [5.74, 6) is -1.61. The number of nitrogens with zero attached hydrogens (tertiary/aromatic N) is 3. The van der Waals surface area contributed by atoms with Crippen molar-refractivity contribution in [3.8, 4) is 0 Å². The molecular weight excluding hydrogens is 759 g/mol. The molecule has 6 amide bonds. The van der Waals surface area contributed by atoms with Gasteiger partial charge < -0.3 is 44.7 Å². The van der Waals surface area contributed by atoms with Crippen LogP contribution in [0.1, 0.15) is 110 Å². The van der Waals surface area contributed by atoms with Crippen LogP contribution in [0.25, 0.3) is 0 Å². The maximum absolute atomic E-state index is 14.0. The van der Waals surface area contributed by atoms with Gasteiger partial charge >= 0.3 is 12.2 Å². The van der Waals surface area contributed by atoms with E-state index < -0.39 is 47.8 Å². The van der Waals surface area contributed by atoms with Crippen molar-refractivity contribution in [2.45, 2.75) is 123 Å². The van der Waals surface area contributed by atoms with E-state index in [1.807, 2.05) is 13.8 Å². The summed E-state index contributed by atoms with van der Waals surface area (Å²) in [6, 6.07) is -2.32. The molecule has 1 aliphatic carbocycles. The second-order valence-electron chi connectivity index (χ2n) is 16.3. The highest BCUT2D eigenvalue weighted by molar-refractivity contribution is 7.14. The lowest BCUT2D eigenvalue weighted by molar-refractivity contribution is -0.149. The standard InChI is InChI=1S/C39H65N7O10S/c1-25(2)19-31(47)40-20-29(42-34(49)30-24-57-36(43-30)44-37(51)56-39(4,5)6)33(48)41-26(3)35(50)46(22-32(53-7)54-8)21-27-15-17-45(18-16-27)38(52)55-23-28-13-11-9-10-12-14-28/h24-29,32H,9-23H2,1-8H3,(H,40,47)(H,41,48)(H,42,49)(H,43,44,51)/t26-,29-/m0/s1. The molecule has 2 aliphatic rings. The van der Waals surface area contributed by atoms with E-state index in [0.717, 1.165) is 24.2 Å². The first-order chi connectivity index (χ1) is 27.0. The third kappa shape index (κ3) is 17.2. The molecule has 18 heteroatoms. The van der Waals surface area contributed by atoms with Gasteiger partial charge in [0.05, 0.1) is 13.2 Å². The second kappa shape index (κ2) is 23.4. The molecule has 2 fully saturated rings. The number of ether oxygens (including phenoxy) is 4. The van der Waals surface area contributed by atoms with Gasteiger partial charge in [0.2, 0.25) is 17.7 Å². The highest BCUT2D eigenvalue weighted by Gasteiger charge is 2.32. The lowest BCUT2D eigenvalue weighted by Crippen LogP contribution is -2.57. The number of methoxy groups -OCH3 is 2. The fourth-order valence-corrected chi connectivity index (χ4v) is 7.35. The van der Waals surface area contributed by atoms with Crippen LogP contribution >= 0.6 is 11.3 Å². The van der Waals surface area contributed by atoms with Crippen LogP contribution in [0, 0.1) is 17.8 Å². The number of rotatable bonds is 18. The Morgan fingerprint density at radius 2 is 1.58 bits per heavy atom. The summed E-state index contributed by atoms with van der Waals surface area (Å²) in [4.78, 5) is 86.1. The topological polar surface area (TPSA) is 207 Å². The van der Waals surface area contributed by atoms with Crippen LogP contribution in [-0.4, -0.2) is 128 Å². The molecular formula is C39H65N7O10S. The number of nitrogens with one attached hydrogen (secondary N) is 4. The maximum Gasteiger partial charge on any atom is 0.413 e. The molecule has 0 bridgehead atoms. The second-order valence-corrected chi connectivity index (χ2v) is 17.2. The van der Waals surface area contributed by atoms with E-state index in [0.29, 0.717) is 45.0 Å². The highest BCUT2D eigenvalue weighted by atomic mass is 32.1. The number of carbonyl (C=O) groups excluding carboxylic acids is 6. The van der Waals surface area contributed by atoms with E-state index in [9.17, 15) is 28.8 Å². The zero-order chi connectivity index (χ0) is 42.1. The molecule has 1 aromatic heterocycles. The summed E-state index contributed by atoms with van der Waals surface area (Å²) in [6.45, 7) is 12.1. The first kappa shape index (κ1) is 47.3. The Hall–Kier alpha value is -4.03. The number of anilines is 1. The fraction of sp³-hybridized carbons (Fsp3) is 0.769. The van der Waals surface area contributed by atoms with Gasteiger partial charge in [-0.15, -0.1) is 11.3 Å². The monoisotopic (exact) mass is 823 g/mol. The van der Waals surface area contributed by atoms with Gasteiger partial charge in [0.25, 0.3) is 5.91 Å². The van der Waals surface area contributed by atoms with E-state index in [4.69, 9.17) is 18.9 Å². The van der Waals surface area contributed by atoms with Crippen LogP contribution in [0.2, 0.25) is 0 Å². The van der Waals surface area contributed by atoms with Gasteiger partial charge in [0.15, 0.2) is 11.4 Å². The van der Waals surface area contributed by atoms with Gasteiger partial charge in [-0.05, 0) is 71.1 Å². The Balaban J connectivity index is 1.64. The van der Waals surface area contributed by atoms with Gasteiger partial charge in [0.1, 0.15) is 23.4 Å². The van der Waals surface area contributed by atoms with Crippen molar-refractivity contribution < 1.29 is 47.7 Å². The molecule has 57 heavy (non-hydrogen) atoms. The SMILES string of the molecule is COC(CN(CC1CCN(C(=O)OCC2CCCCCC2)CC1)C(=O)[C@H](C)NC(=O)[C@H](CNC(=O)CC(C)C)NC(=O)c1csc(NC(=O)OC(C)(C)C)n1)OC. The number of piperidine rings is 1. The van der Waals surface area contributed by atoms with E-state index in [1.54, 1.807) is 37.5 Å². The van der Waals surface area contributed by atoms with Crippen LogP contribution in [0.3, 0.4) is 0 Å². The van der Waals surface area contributed by atoms with Crippen molar-refractivity contribution in [3.05, 3.63) is 11.1 Å². The summed E-state index contributed by atoms with van der Waals surface area (Å²) >= 11 is 0.992. The van der Waals surface area contributed by atoms with Crippen LogP contribution in [0.15, 0.2) is 5.38 Å². The zero-order valence-electron chi connectivity index (χ0n) is 35.0. The zero-order valence-corrected chi connectivity index (χ0v) is 35.8. The molecule has 3 rings (SSSR count). The Bertz CT molecular complexity index is 1470. The van der Waals surface area contributed by atoms with Gasteiger partial charge in [0, 0.05) is 52.2 Å². The molecule has 1 saturated carbocycles. The minimum atomic E-state index is -1.28. The molecule has 0 aromatic carbocycles. The minimum Gasteiger partial charge on any atom is -0.449 e. The van der Waals surface area contributed by atoms with E-state index >= 15 is 0 Å². The summed E-state index contributed by atoms with van der Waals surface area (Å²) in [6.07, 6.45) is 6.77. The third-order valence-corrected chi connectivity index (χ3v) is 10.5. The lowest BCUT2D eigenvalue weighted by Gasteiger charge is -2.36. The molecule has 2 atom stereocenters. The van der Waals surface area contributed by atoms with Crippen molar-refractivity contribution in [1.82, 2.24) is 30.7 Å². The molecule has 1 aliphatic heterocycles. The first-order valence-electron chi connectivity index (χ1n) is 20.1. The van der Waals surface area contributed by atoms with Gasteiger partial charge in [-0.1, -0.05) is 39.5 Å². The molecule has 0 spiro atoms. The van der Waals surface area contributed by atoms with E-state index in [-0.39, 0.29) is 54.2 Å². The number of thiazole rings is 1. The van der Waals surface area contributed by atoms with Crippen LogP contribution < -0.4 is 21.3 Å². The molecule has 17 nitrogen and oxygen atoms in total. The normalized spacial score (nSPS) is 16.6. The summed E-state index contributed by atoms with van der Waals surface area (Å²) < 4.78 is 21.8. The maximum atomic E-state index is 14.0.